The average molecular weight is 392 g/mol. The minimum Gasteiger partial charge on any atom is -0.339 e. The van der Waals surface area contributed by atoms with Gasteiger partial charge < -0.3 is 4.57 Å². The number of rotatable bonds is 5. The summed E-state index contributed by atoms with van der Waals surface area (Å²) in [6.07, 6.45) is 1.45. The number of nitrogens with zero attached hydrogens (tertiary/aromatic N) is 5. The average Bonchev–Trinajstić information content (AvgIpc) is 3.24. The Balaban J connectivity index is 1.92. The van der Waals surface area contributed by atoms with Crippen molar-refractivity contribution in [3.8, 4) is 11.3 Å². The second kappa shape index (κ2) is 7.32. The smallest absolute Gasteiger partial charge is 0.339 e. The molecule has 0 unspecified atom stereocenters. The van der Waals surface area contributed by atoms with Crippen molar-refractivity contribution in [1.82, 2.24) is 4.57 Å². The lowest BCUT2D eigenvalue weighted by molar-refractivity contribution is -0.656. The summed E-state index contributed by atoms with van der Waals surface area (Å²) in [7, 11) is 1.73. The van der Waals surface area contributed by atoms with Crippen LogP contribution in [-0.4, -0.2) is 9.49 Å². The standard InChI is InChI=1S/C20H18N5O2S/c1-3-24-16-12-8-7-11-15(16)18(19(24)14-9-5-4-6-10-14)21-22-20-23(2)13-17(28-20)25(26)27/h4-13H,3H2,1-2H3/q+1. The van der Waals surface area contributed by atoms with Gasteiger partial charge in [0.2, 0.25) is 0 Å². The van der Waals surface area contributed by atoms with Gasteiger partial charge in [-0.3, -0.25) is 10.1 Å². The molecular formula is C20H18N5O2S+. The van der Waals surface area contributed by atoms with Gasteiger partial charge in [-0.05, 0) is 18.1 Å². The van der Waals surface area contributed by atoms with Crippen LogP contribution in [0.1, 0.15) is 6.92 Å². The number of nitro groups is 1. The highest BCUT2D eigenvalue weighted by Crippen LogP contribution is 2.41. The van der Waals surface area contributed by atoms with E-state index in [-0.39, 0.29) is 5.00 Å². The van der Waals surface area contributed by atoms with Crippen molar-refractivity contribution in [2.24, 2.45) is 17.3 Å². The van der Waals surface area contributed by atoms with Crippen molar-refractivity contribution in [2.45, 2.75) is 13.5 Å². The molecule has 0 saturated carbocycles. The molecule has 0 aliphatic heterocycles. The highest BCUT2D eigenvalue weighted by atomic mass is 32.1. The van der Waals surface area contributed by atoms with E-state index < -0.39 is 4.92 Å². The zero-order valence-electron chi connectivity index (χ0n) is 15.4. The van der Waals surface area contributed by atoms with Crippen molar-refractivity contribution in [3.05, 3.63) is 70.9 Å². The first-order valence-electron chi connectivity index (χ1n) is 8.82. The molecule has 0 spiro atoms. The van der Waals surface area contributed by atoms with Gasteiger partial charge in [-0.1, -0.05) is 48.5 Å². The summed E-state index contributed by atoms with van der Waals surface area (Å²) in [5, 5.41) is 21.4. The molecule has 140 valence electrons. The van der Waals surface area contributed by atoms with Crippen LogP contribution in [0.5, 0.6) is 0 Å². The van der Waals surface area contributed by atoms with E-state index in [1.165, 1.54) is 6.20 Å². The van der Waals surface area contributed by atoms with Gasteiger partial charge in [0.05, 0.1) is 28.3 Å². The third-order valence-electron chi connectivity index (χ3n) is 4.52. The molecule has 0 aliphatic rings. The predicted molar refractivity (Wildman–Crippen MR) is 109 cm³/mol. The Kier molecular flexibility index (Phi) is 4.70. The zero-order valence-corrected chi connectivity index (χ0v) is 16.3. The summed E-state index contributed by atoms with van der Waals surface area (Å²) < 4.78 is 3.84. The number of aryl methyl sites for hydroxylation is 2. The molecule has 7 nitrogen and oxygen atoms in total. The molecule has 2 aromatic carbocycles. The SMILES string of the molecule is CCn1c(-c2ccccc2)c(N=Nc2sc([N+](=O)[O-])c[n+]2C)c2ccccc21. The van der Waals surface area contributed by atoms with E-state index in [1.54, 1.807) is 11.6 Å². The Labute approximate surface area is 165 Å². The van der Waals surface area contributed by atoms with E-state index in [0.717, 1.165) is 45.7 Å². The number of para-hydroxylation sites is 1. The first kappa shape index (κ1) is 18.0. The molecule has 2 heterocycles. The van der Waals surface area contributed by atoms with Crippen molar-refractivity contribution in [3.63, 3.8) is 0 Å². The fourth-order valence-electron chi connectivity index (χ4n) is 3.28. The molecule has 0 fully saturated rings. The Bertz CT molecular complexity index is 1190. The van der Waals surface area contributed by atoms with Crippen molar-refractivity contribution in [2.75, 3.05) is 0 Å². The van der Waals surface area contributed by atoms with Crippen molar-refractivity contribution >= 4 is 38.1 Å². The van der Waals surface area contributed by atoms with Gasteiger partial charge in [-0.2, -0.15) is 0 Å². The van der Waals surface area contributed by atoms with Gasteiger partial charge in [0, 0.05) is 28.8 Å². The largest absolute Gasteiger partial charge is 0.414 e. The normalized spacial score (nSPS) is 11.5. The molecule has 0 saturated heterocycles. The van der Waals surface area contributed by atoms with Crippen LogP contribution in [0.15, 0.2) is 71.0 Å². The third kappa shape index (κ3) is 3.07. The molecule has 0 radical (unpaired) electrons. The first-order valence-corrected chi connectivity index (χ1v) is 9.64. The van der Waals surface area contributed by atoms with E-state index in [2.05, 4.69) is 39.9 Å². The summed E-state index contributed by atoms with van der Waals surface area (Å²) in [6.45, 7) is 2.89. The molecule has 28 heavy (non-hydrogen) atoms. The molecule has 0 amide bonds. The lowest BCUT2D eigenvalue weighted by Gasteiger charge is -2.08. The van der Waals surface area contributed by atoms with E-state index in [4.69, 9.17) is 0 Å². The summed E-state index contributed by atoms with van der Waals surface area (Å²) in [6, 6.07) is 18.2. The van der Waals surface area contributed by atoms with Gasteiger partial charge >= 0.3 is 10.1 Å². The van der Waals surface area contributed by atoms with Crippen molar-refractivity contribution < 1.29 is 9.49 Å². The quantitative estimate of drug-likeness (QED) is 0.194. The maximum Gasteiger partial charge on any atom is 0.414 e. The monoisotopic (exact) mass is 392 g/mol. The van der Waals surface area contributed by atoms with Crippen LogP contribution >= 0.6 is 11.3 Å². The molecule has 4 aromatic rings. The van der Waals surface area contributed by atoms with E-state index in [1.807, 2.05) is 36.4 Å². The Morgan fingerprint density at radius 2 is 1.82 bits per heavy atom. The summed E-state index contributed by atoms with van der Waals surface area (Å²) >= 11 is 1.00. The Hall–Kier alpha value is -3.39. The van der Waals surface area contributed by atoms with E-state index in [0.29, 0.717) is 5.13 Å². The highest BCUT2D eigenvalue weighted by molar-refractivity contribution is 7.17. The molecule has 0 N–H and O–H groups in total. The van der Waals surface area contributed by atoms with Gasteiger partial charge in [-0.15, -0.1) is 0 Å². The van der Waals surface area contributed by atoms with Gasteiger partial charge in [0.25, 0.3) is 0 Å². The number of thiazole rings is 1. The Morgan fingerprint density at radius 1 is 1.11 bits per heavy atom. The van der Waals surface area contributed by atoms with E-state index >= 15 is 0 Å². The molecule has 0 bridgehead atoms. The summed E-state index contributed by atoms with van der Waals surface area (Å²) in [5.74, 6) is 0. The van der Waals surface area contributed by atoms with Gasteiger partial charge in [0.15, 0.2) is 6.20 Å². The lowest BCUT2D eigenvalue weighted by atomic mass is 10.1. The van der Waals surface area contributed by atoms with Crippen LogP contribution in [0.25, 0.3) is 22.2 Å². The molecule has 8 heteroatoms. The Morgan fingerprint density at radius 3 is 2.50 bits per heavy atom. The minimum absolute atomic E-state index is 0.0377. The van der Waals surface area contributed by atoms with E-state index in [9.17, 15) is 10.1 Å². The fraction of sp³-hybridized carbons (Fsp3) is 0.150. The second-order valence-corrected chi connectivity index (χ2v) is 7.23. The van der Waals surface area contributed by atoms with Crippen LogP contribution in [0.2, 0.25) is 0 Å². The second-order valence-electron chi connectivity index (χ2n) is 6.24. The van der Waals surface area contributed by atoms with Crippen LogP contribution in [-0.2, 0) is 13.6 Å². The van der Waals surface area contributed by atoms with Crippen LogP contribution in [0.4, 0.5) is 15.8 Å². The molecule has 2 aromatic heterocycles. The highest BCUT2D eigenvalue weighted by Gasteiger charge is 2.23. The van der Waals surface area contributed by atoms with Gasteiger partial charge in [0.1, 0.15) is 5.69 Å². The molecule has 0 aliphatic carbocycles. The molecule has 4 rings (SSSR count). The zero-order chi connectivity index (χ0) is 19.7. The predicted octanol–water partition coefficient (Wildman–Crippen LogP) is 5.54. The molecule has 0 atom stereocenters. The summed E-state index contributed by atoms with van der Waals surface area (Å²) in [4.78, 5) is 10.6. The topological polar surface area (TPSA) is 76.7 Å². The van der Waals surface area contributed by atoms with Crippen LogP contribution < -0.4 is 4.57 Å². The summed E-state index contributed by atoms with van der Waals surface area (Å²) in [5.41, 5.74) is 3.89. The van der Waals surface area contributed by atoms with Crippen LogP contribution in [0, 0.1) is 10.1 Å². The number of azo groups is 1. The maximum absolute atomic E-state index is 11.0. The fourth-order valence-corrected chi connectivity index (χ4v) is 4.04. The maximum atomic E-state index is 11.0. The molecular weight excluding hydrogens is 374 g/mol. The number of aromatic nitrogens is 2. The third-order valence-corrected chi connectivity index (χ3v) is 5.54. The number of fused-ring (bicyclic) bond motifs is 1. The number of hydrogen-bond donors (Lipinski definition) is 0. The number of hydrogen-bond acceptors (Lipinski definition) is 5. The van der Waals surface area contributed by atoms with Gasteiger partial charge in [-0.25, -0.2) is 4.57 Å². The number of benzene rings is 2. The van der Waals surface area contributed by atoms with Crippen LogP contribution in [0.3, 0.4) is 0 Å². The minimum atomic E-state index is -0.415. The van der Waals surface area contributed by atoms with Crippen molar-refractivity contribution in [1.29, 1.82) is 0 Å². The lowest BCUT2D eigenvalue weighted by Crippen LogP contribution is -2.23. The first-order chi connectivity index (χ1) is 13.6.